The Hall–Kier alpha value is -0.860. The summed E-state index contributed by atoms with van der Waals surface area (Å²) in [4.78, 5) is 7.87. The quantitative estimate of drug-likeness (QED) is 0.840. The number of benzene rings is 1. The van der Waals surface area contributed by atoms with Crippen LogP contribution in [0.15, 0.2) is 12.1 Å². The molecule has 6 nitrogen and oxygen atoms in total. The number of nitrogens with one attached hydrogen (secondary N) is 2. The molecule has 0 radical (unpaired) electrons. The molecule has 24 heavy (non-hydrogen) atoms. The number of piperidine rings is 1. The first-order valence-corrected chi connectivity index (χ1v) is 10.1. The lowest BCUT2D eigenvalue weighted by atomic mass is 9.97. The molecule has 1 aliphatic heterocycles. The fourth-order valence-electron chi connectivity index (χ4n) is 2.96. The maximum absolute atomic E-state index is 12.2. The molecule has 0 unspecified atom stereocenters. The molecule has 1 aliphatic rings. The standard InChI is InChI=1S/C15H20Cl2N4O2S/c1-9(2)20-24(22,23)21-5-3-10(4-6-21)15-18-13-7-11(16)12(17)8-14(13)19-15/h7-10,20H,3-6H2,1-2H3,(H,18,19). The van der Waals surface area contributed by atoms with Crippen LogP contribution in [0.3, 0.4) is 0 Å². The summed E-state index contributed by atoms with van der Waals surface area (Å²) < 4.78 is 28.6. The van der Waals surface area contributed by atoms with Crippen molar-refractivity contribution in [3.8, 4) is 0 Å². The summed E-state index contributed by atoms with van der Waals surface area (Å²) in [6, 6.07) is 3.39. The van der Waals surface area contributed by atoms with Crippen molar-refractivity contribution in [1.82, 2.24) is 19.0 Å². The summed E-state index contributed by atoms with van der Waals surface area (Å²) in [5.74, 6) is 1.05. The van der Waals surface area contributed by atoms with Gasteiger partial charge in [0.05, 0.1) is 21.1 Å². The van der Waals surface area contributed by atoms with E-state index in [4.69, 9.17) is 23.2 Å². The zero-order chi connectivity index (χ0) is 17.5. The van der Waals surface area contributed by atoms with Crippen molar-refractivity contribution in [3.63, 3.8) is 0 Å². The SMILES string of the molecule is CC(C)NS(=O)(=O)N1CCC(c2nc3cc(Cl)c(Cl)cc3[nH]2)CC1. The molecule has 2 aromatic rings. The highest BCUT2D eigenvalue weighted by Gasteiger charge is 2.30. The highest BCUT2D eigenvalue weighted by atomic mass is 35.5. The highest BCUT2D eigenvalue weighted by Crippen LogP contribution is 2.31. The van der Waals surface area contributed by atoms with Gasteiger partial charge in [-0.25, -0.2) is 4.98 Å². The molecule has 132 valence electrons. The Labute approximate surface area is 151 Å². The van der Waals surface area contributed by atoms with Crippen LogP contribution in [0.2, 0.25) is 10.0 Å². The van der Waals surface area contributed by atoms with E-state index >= 15 is 0 Å². The Kier molecular flexibility index (Phi) is 5.09. The zero-order valence-corrected chi connectivity index (χ0v) is 15.8. The largest absolute Gasteiger partial charge is 0.342 e. The second-order valence-corrected chi connectivity index (χ2v) is 8.87. The number of hydrogen-bond donors (Lipinski definition) is 2. The van der Waals surface area contributed by atoms with Gasteiger partial charge in [-0.05, 0) is 38.8 Å². The molecule has 1 saturated heterocycles. The van der Waals surface area contributed by atoms with E-state index in [2.05, 4.69) is 14.7 Å². The molecule has 0 bridgehead atoms. The highest BCUT2D eigenvalue weighted by molar-refractivity contribution is 7.87. The van der Waals surface area contributed by atoms with Crippen LogP contribution < -0.4 is 4.72 Å². The second kappa shape index (κ2) is 6.80. The minimum absolute atomic E-state index is 0.113. The molecule has 3 rings (SSSR count). The summed E-state index contributed by atoms with van der Waals surface area (Å²) in [7, 11) is -3.41. The van der Waals surface area contributed by atoms with Crippen LogP contribution in [-0.2, 0) is 10.2 Å². The van der Waals surface area contributed by atoms with Crippen molar-refractivity contribution >= 4 is 44.4 Å². The van der Waals surface area contributed by atoms with Gasteiger partial charge in [-0.2, -0.15) is 17.4 Å². The monoisotopic (exact) mass is 390 g/mol. The molecule has 1 fully saturated rings. The van der Waals surface area contributed by atoms with Crippen LogP contribution in [0.4, 0.5) is 0 Å². The number of halogens is 2. The van der Waals surface area contributed by atoms with Gasteiger partial charge in [0.25, 0.3) is 10.2 Å². The van der Waals surface area contributed by atoms with Gasteiger partial charge in [0, 0.05) is 25.0 Å². The Morgan fingerprint density at radius 1 is 1.25 bits per heavy atom. The fourth-order valence-corrected chi connectivity index (χ4v) is 4.72. The van der Waals surface area contributed by atoms with Crippen molar-refractivity contribution in [1.29, 1.82) is 0 Å². The maximum Gasteiger partial charge on any atom is 0.279 e. The predicted molar refractivity (Wildman–Crippen MR) is 96.9 cm³/mol. The van der Waals surface area contributed by atoms with Gasteiger partial charge < -0.3 is 4.98 Å². The summed E-state index contributed by atoms with van der Waals surface area (Å²) >= 11 is 12.1. The van der Waals surface area contributed by atoms with Gasteiger partial charge in [0.15, 0.2) is 0 Å². The van der Waals surface area contributed by atoms with E-state index in [0.717, 1.165) is 29.7 Å². The number of rotatable bonds is 4. The molecule has 2 heterocycles. The first-order chi connectivity index (χ1) is 11.3. The lowest BCUT2D eigenvalue weighted by Crippen LogP contribution is -2.46. The van der Waals surface area contributed by atoms with Crippen LogP contribution in [0.25, 0.3) is 11.0 Å². The molecule has 0 aliphatic carbocycles. The molecular formula is C15H20Cl2N4O2S. The summed E-state index contributed by atoms with van der Waals surface area (Å²) in [6.07, 6.45) is 1.45. The van der Waals surface area contributed by atoms with E-state index in [0.29, 0.717) is 23.1 Å². The summed E-state index contributed by atoms with van der Waals surface area (Å²) in [5, 5.41) is 0.961. The van der Waals surface area contributed by atoms with E-state index in [-0.39, 0.29) is 12.0 Å². The van der Waals surface area contributed by atoms with Crippen LogP contribution in [0, 0.1) is 0 Å². The number of fused-ring (bicyclic) bond motifs is 1. The van der Waals surface area contributed by atoms with Gasteiger partial charge in [0.1, 0.15) is 5.82 Å². The molecule has 2 N–H and O–H groups in total. The lowest BCUT2D eigenvalue weighted by molar-refractivity contribution is 0.309. The number of hydrogen-bond acceptors (Lipinski definition) is 3. The predicted octanol–water partition coefficient (Wildman–Crippen LogP) is 3.29. The number of H-pyrrole nitrogens is 1. The molecule has 9 heteroatoms. The number of nitrogens with zero attached hydrogens (tertiary/aromatic N) is 2. The van der Waals surface area contributed by atoms with Gasteiger partial charge >= 0.3 is 0 Å². The average molecular weight is 391 g/mol. The van der Waals surface area contributed by atoms with Crippen LogP contribution in [-0.4, -0.2) is 41.8 Å². The van der Waals surface area contributed by atoms with E-state index in [1.807, 2.05) is 13.8 Å². The summed E-state index contributed by atoms with van der Waals surface area (Å²) in [6.45, 7) is 4.58. The molecular weight excluding hydrogens is 371 g/mol. The van der Waals surface area contributed by atoms with Crippen LogP contribution >= 0.6 is 23.2 Å². The van der Waals surface area contributed by atoms with Crippen molar-refractivity contribution in [3.05, 3.63) is 28.0 Å². The van der Waals surface area contributed by atoms with Crippen LogP contribution in [0.1, 0.15) is 38.4 Å². The maximum atomic E-state index is 12.2. The Morgan fingerprint density at radius 3 is 2.50 bits per heavy atom. The number of aromatic amines is 1. The Morgan fingerprint density at radius 2 is 1.88 bits per heavy atom. The molecule has 0 amide bonds. The topological polar surface area (TPSA) is 78.1 Å². The molecule has 1 aromatic carbocycles. The molecule has 1 aromatic heterocycles. The zero-order valence-electron chi connectivity index (χ0n) is 13.5. The van der Waals surface area contributed by atoms with E-state index < -0.39 is 10.2 Å². The third kappa shape index (κ3) is 3.70. The minimum Gasteiger partial charge on any atom is -0.342 e. The van der Waals surface area contributed by atoms with Gasteiger partial charge in [-0.3, -0.25) is 0 Å². The second-order valence-electron chi connectivity index (χ2n) is 6.36. The lowest BCUT2D eigenvalue weighted by Gasteiger charge is -2.30. The van der Waals surface area contributed by atoms with E-state index in [1.165, 1.54) is 4.31 Å². The Balaban J connectivity index is 1.73. The van der Waals surface area contributed by atoms with E-state index in [9.17, 15) is 8.42 Å². The van der Waals surface area contributed by atoms with Crippen molar-refractivity contribution < 1.29 is 8.42 Å². The molecule has 0 atom stereocenters. The molecule has 0 spiro atoms. The molecule has 0 saturated carbocycles. The minimum atomic E-state index is -3.41. The van der Waals surface area contributed by atoms with Gasteiger partial charge in [-0.1, -0.05) is 23.2 Å². The Bertz CT molecular complexity index is 804. The average Bonchev–Trinajstić information content (AvgIpc) is 2.89. The smallest absolute Gasteiger partial charge is 0.279 e. The van der Waals surface area contributed by atoms with Crippen molar-refractivity contribution in [2.75, 3.05) is 13.1 Å². The van der Waals surface area contributed by atoms with Crippen LogP contribution in [0.5, 0.6) is 0 Å². The number of aromatic nitrogens is 2. The normalized spacial score (nSPS) is 17.9. The fraction of sp³-hybridized carbons (Fsp3) is 0.533. The van der Waals surface area contributed by atoms with Gasteiger partial charge in [0.2, 0.25) is 0 Å². The van der Waals surface area contributed by atoms with Crippen molar-refractivity contribution in [2.24, 2.45) is 0 Å². The van der Waals surface area contributed by atoms with Crippen molar-refractivity contribution in [2.45, 2.75) is 38.6 Å². The third-order valence-electron chi connectivity index (χ3n) is 4.11. The van der Waals surface area contributed by atoms with Gasteiger partial charge in [-0.15, -0.1) is 0 Å². The van der Waals surface area contributed by atoms with E-state index in [1.54, 1.807) is 12.1 Å². The number of imidazole rings is 1. The first-order valence-electron chi connectivity index (χ1n) is 7.88. The first kappa shape index (κ1) is 17.9. The summed E-state index contributed by atoms with van der Waals surface area (Å²) in [5.41, 5.74) is 1.62. The third-order valence-corrected chi connectivity index (χ3v) is 6.64.